The van der Waals surface area contributed by atoms with E-state index in [0.29, 0.717) is 6.10 Å². The molecular formula is C8H14OS. The molecule has 58 valence electrons. The zero-order chi connectivity index (χ0) is 6.81. The van der Waals surface area contributed by atoms with Gasteiger partial charge in [0.05, 0.1) is 12.7 Å². The molecule has 2 heteroatoms. The molecule has 10 heavy (non-hydrogen) atoms. The first kappa shape index (κ1) is 6.99. The summed E-state index contributed by atoms with van der Waals surface area (Å²) in [6.45, 7) is 0.992. The van der Waals surface area contributed by atoms with Gasteiger partial charge in [-0.3, -0.25) is 0 Å². The van der Waals surface area contributed by atoms with E-state index in [2.05, 4.69) is 11.8 Å². The number of fused-ring (bicyclic) bond motifs is 5. The minimum absolute atomic E-state index is 0.622. The Morgan fingerprint density at radius 2 is 1.90 bits per heavy atom. The summed E-state index contributed by atoms with van der Waals surface area (Å²) in [5.74, 6) is 1.22. The largest absolute Gasteiger partial charge is 0.377 e. The predicted octanol–water partition coefficient (Wildman–Crippen LogP) is 2.06. The molecule has 1 nitrogen and oxygen atoms in total. The lowest BCUT2D eigenvalue weighted by molar-refractivity contribution is 0.0361. The Hall–Kier alpha value is 0.310. The highest BCUT2D eigenvalue weighted by molar-refractivity contribution is 7.99. The molecule has 2 saturated heterocycles. The Labute approximate surface area is 66.5 Å². The molecule has 0 atom stereocenters. The average Bonchev–Trinajstić information content (AvgIpc) is 1.89. The lowest BCUT2D eigenvalue weighted by atomic mass is 9.97. The van der Waals surface area contributed by atoms with Gasteiger partial charge in [-0.2, -0.15) is 11.8 Å². The van der Waals surface area contributed by atoms with Gasteiger partial charge < -0.3 is 4.74 Å². The van der Waals surface area contributed by atoms with E-state index in [9.17, 15) is 0 Å². The first-order valence-corrected chi connectivity index (χ1v) is 5.23. The molecule has 1 aliphatic carbocycles. The Morgan fingerprint density at radius 3 is 2.70 bits per heavy atom. The van der Waals surface area contributed by atoms with E-state index in [4.69, 9.17) is 4.74 Å². The number of thioether (sulfide) groups is 1. The standard InChI is InChI=1S/C8H14OS/c1-3-8-4-2-7(1)9-5-6-10-8/h7-8H,1-6H2. The molecule has 1 saturated carbocycles. The smallest absolute Gasteiger partial charge is 0.0576 e. The van der Waals surface area contributed by atoms with Crippen LogP contribution < -0.4 is 0 Å². The Kier molecular flexibility index (Phi) is 2.19. The van der Waals surface area contributed by atoms with Gasteiger partial charge in [0, 0.05) is 11.0 Å². The highest BCUT2D eigenvalue weighted by Gasteiger charge is 2.23. The van der Waals surface area contributed by atoms with Crippen LogP contribution in [0, 0.1) is 0 Å². The maximum Gasteiger partial charge on any atom is 0.0576 e. The highest BCUT2D eigenvalue weighted by atomic mass is 32.2. The van der Waals surface area contributed by atoms with Crippen molar-refractivity contribution in [2.24, 2.45) is 0 Å². The van der Waals surface area contributed by atoms with Gasteiger partial charge in [-0.05, 0) is 25.7 Å². The van der Waals surface area contributed by atoms with E-state index in [-0.39, 0.29) is 0 Å². The Morgan fingerprint density at radius 1 is 1.10 bits per heavy atom. The van der Waals surface area contributed by atoms with Crippen LogP contribution in [0.1, 0.15) is 25.7 Å². The SMILES string of the molecule is C1CSC2CCC(CC2)O1. The predicted molar refractivity (Wildman–Crippen MR) is 44.5 cm³/mol. The van der Waals surface area contributed by atoms with Gasteiger partial charge in [-0.25, -0.2) is 0 Å². The highest BCUT2D eigenvalue weighted by Crippen LogP contribution is 2.32. The third-order valence-electron chi connectivity index (χ3n) is 2.41. The lowest BCUT2D eigenvalue weighted by Gasteiger charge is -2.31. The van der Waals surface area contributed by atoms with Crippen LogP contribution in [0.15, 0.2) is 0 Å². The average molecular weight is 158 g/mol. The summed E-state index contributed by atoms with van der Waals surface area (Å²) in [4.78, 5) is 0. The number of rotatable bonds is 0. The van der Waals surface area contributed by atoms with Crippen molar-refractivity contribution in [3.63, 3.8) is 0 Å². The van der Waals surface area contributed by atoms with Crippen molar-refractivity contribution in [2.75, 3.05) is 12.4 Å². The minimum atomic E-state index is 0.622. The molecule has 3 fully saturated rings. The van der Waals surface area contributed by atoms with Crippen LogP contribution in [0.4, 0.5) is 0 Å². The molecule has 2 bridgehead atoms. The summed E-state index contributed by atoms with van der Waals surface area (Å²) < 4.78 is 5.65. The second kappa shape index (κ2) is 3.14. The van der Waals surface area contributed by atoms with E-state index in [0.717, 1.165) is 11.9 Å². The summed E-state index contributed by atoms with van der Waals surface area (Å²) in [7, 11) is 0. The van der Waals surface area contributed by atoms with E-state index in [1.54, 1.807) is 0 Å². The van der Waals surface area contributed by atoms with Crippen LogP contribution in [0.2, 0.25) is 0 Å². The quantitative estimate of drug-likeness (QED) is 0.533. The first-order valence-electron chi connectivity index (χ1n) is 4.18. The summed E-state index contributed by atoms with van der Waals surface area (Å²) in [5.41, 5.74) is 0. The first-order chi connectivity index (χ1) is 4.95. The topological polar surface area (TPSA) is 9.23 Å². The molecule has 0 amide bonds. The van der Waals surface area contributed by atoms with Gasteiger partial charge in [0.2, 0.25) is 0 Å². The molecule has 3 aliphatic rings. The summed E-state index contributed by atoms with van der Waals surface area (Å²) >= 11 is 2.11. The van der Waals surface area contributed by atoms with Crippen molar-refractivity contribution in [3.05, 3.63) is 0 Å². The van der Waals surface area contributed by atoms with Gasteiger partial charge >= 0.3 is 0 Å². The normalized spacial score (nSPS) is 40.8. The molecule has 0 aromatic carbocycles. The Bertz CT molecular complexity index is 88.3. The zero-order valence-corrected chi connectivity index (χ0v) is 7.03. The fraction of sp³-hybridized carbons (Fsp3) is 1.00. The molecule has 0 radical (unpaired) electrons. The molecular weight excluding hydrogens is 144 g/mol. The molecule has 0 spiro atoms. The van der Waals surface area contributed by atoms with E-state index in [1.165, 1.54) is 31.4 Å². The summed E-state index contributed by atoms with van der Waals surface area (Å²) in [5, 5.41) is 0.972. The molecule has 2 heterocycles. The maximum atomic E-state index is 5.65. The number of hydrogen-bond acceptors (Lipinski definition) is 2. The second-order valence-corrected chi connectivity index (χ2v) is 4.55. The van der Waals surface area contributed by atoms with Crippen molar-refractivity contribution in [2.45, 2.75) is 37.0 Å². The third kappa shape index (κ3) is 1.48. The minimum Gasteiger partial charge on any atom is -0.377 e. The van der Waals surface area contributed by atoms with Crippen molar-refractivity contribution in [1.82, 2.24) is 0 Å². The summed E-state index contributed by atoms with van der Waals surface area (Å²) in [6.07, 6.45) is 6.05. The zero-order valence-electron chi connectivity index (χ0n) is 6.21. The molecule has 0 aromatic heterocycles. The van der Waals surface area contributed by atoms with Crippen molar-refractivity contribution >= 4 is 11.8 Å². The fourth-order valence-electron chi connectivity index (χ4n) is 1.80. The van der Waals surface area contributed by atoms with Gasteiger partial charge in [-0.15, -0.1) is 0 Å². The maximum absolute atomic E-state index is 5.65. The summed E-state index contributed by atoms with van der Waals surface area (Å²) in [6, 6.07) is 0. The van der Waals surface area contributed by atoms with Crippen LogP contribution >= 0.6 is 11.8 Å². The van der Waals surface area contributed by atoms with Gasteiger partial charge in [0.15, 0.2) is 0 Å². The van der Waals surface area contributed by atoms with Crippen molar-refractivity contribution < 1.29 is 4.74 Å². The van der Waals surface area contributed by atoms with Crippen LogP contribution in [0.25, 0.3) is 0 Å². The van der Waals surface area contributed by atoms with Crippen molar-refractivity contribution in [3.8, 4) is 0 Å². The number of ether oxygens (including phenoxy) is 1. The van der Waals surface area contributed by atoms with E-state index < -0.39 is 0 Å². The van der Waals surface area contributed by atoms with Crippen molar-refractivity contribution in [1.29, 1.82) is 0 Å². The second-order valence-electron chi connectivity index (χ2n) is 3.14. The third-order valence-corrected chi connectivity index (χ3v) is 3.76. The van der Waals surface area contributed by atoms with Crippen LogP contribution in [-0.4, -0.2) is 23.7 Å². The molecule has 0 unspecified atom stereocenters. The molecule has 0 N–H and O–H groups in total. The van der Waals surface area contributed by atoms with Gasteiger partial charge in [0.1, 0.15) is 0 Å². The molecule has 3 rings (SSSR count). The van der Waals surface area contributed by atoms with Crippen LogP contribution in [-0.2, 0) is 4.74 Å². The molecule has 2 aliphatic heterocycles. The number of hydrogen-bond donors (Lipinski definition) is 0. The fourth-order valence-corrected chi connectivity index (χ4v) is 2.93. The monoisotopic (exact) mass is 158 g/mol. The van der Waals surface area contributed by atoms with Crippen LogP contribution in [0.5, 0.6) is 0 Å². The van der Waals surface area contributed by atoms with Gasteiger partial charge in [0.25, 0.3) is 0 Å². The van der Waals surface area contributed by atoms with E-state index >= 15 is 0 Å². The van der Waals surface area contributed by atoms with Gasteiger partial charge in [-0.1, -0.05) is 0 Å². The molecule has 0 aromatic rings. The lowest BCUT2D eigenvalue weighted by Crippen LogP contribution is -2.27. The van der Waals surface area contributed by atoms with Crippen LogP contribution in [0.3, 0.4) is 0 Å². The Balaban J connectivity index is 1.94. The van der Waals surface area contributed by atoms with E-state index in [1.807, 2.05) is 0 Å².